The van der Waals surface area contributed by atoms with Crippen LogP contribution < -0.4 is 5.32 Å². The number of halogens is 1. The van der Waals surface area contributed by atoms with E-state index in [1.54, 1.807) is 7.05 Å². The van der Waals surface area contributed by atoms with Crippen molar-refractivity contribution in [2.24, 2.45) is 0 Å². The van der Waals surface area contributed by atoms with E-state index in [0.29, 0.717) is 0 Å². The molecule has 1 N–H and O–H groups in total. The molecular formula is C11H14BrNO. The van der Waals surface area contributed by atoms with Crippen molar-refractivity contribution in [1.29, 1.82) is 0 Å². The summed E-state index contributed by atoms with van der Waals surface area (Å²) in [5, 5.41) is 2.64. The Bertz CT molecular complexity index is 313. The zero-order valence-corrected chi connectivity index (χ0v) is 9.97. The molecule has 0 aromatic rings. The molecule has 76 valence electrons. The minimum Gasteiger partial charge on any atom is -0.358 e. The Balaban J connectivity index is 2.96. The average Bonchev–Trinajstić information content (AvgIpc) is 2.44. The SMILES string of the molecule is CNC(=O)C(C)(Br)C1=CC=CCC=C1. The molecule has 0 bridgehead atoms. The van der Waals surface area contributed by atoms with E-state index < -0.39 is 4.32 Å². The summed E-state index contributed by atoms with van der Waals surface area (Å²) in [5.41, 5.74) is 0.964. The first kappa shape index (κ1) is 11.2. The van der Waals surface area contributed by atoms with E-state index in [2.05, 4.69) is 27.3 Å². The number of allylic oxidation sites excluding steroid dienone is 5. The van der Waals surface area contributed by atoms with Crippen LogP contribution in [0.3, 0.4) is 0 Å². The molecule has 1 rings (SSSR count). The third kappa shape index (κ3) is 2.35. The van der Waals surface area contributed by atoms with Crippen LogP contribution in [0.1, 0.15) is 13.3 Å². The Morgan fingerprint density at radius 1 is 1.57 bits per heavy atom. The quantitative estimate of drug-likeness (QED) is 0.755. The summed E-state index contributed by atoms with van der Waals surface area (Å²) in [6.07, 6.45) is 10.9. The summed E-state index contributed by atoms with van der Waals surface area (Å²) in [4.78, 5) is 11.6. The van der Waals surface area contributed by atoms with Gasteiger partial charge < -0.3 is 5.32 Å². The van der Waals surface area contributed by atoms with Crippen LogP contribution in [-0.2, 0) is 4.79 Å². The van der Waals surface area contributed by atoms with Gasteiger partial charge in [0, 0.05) is 7.05 Å². The minimum atomic E-state index is -0.646. The molecular weight excluding hydrogens is 242 g/mol. The normalized spacial score (nSPS) is 19.5. The number of amides is 1. The molecule has 2 nitrogen and oxygen atoms in total. The number of rotatable bonds is 2. The van der Waals surface area contributed by atoms with Crippen molar-refractivity contribution in [3.63, 3.8) is 0 Å². The van der Waals surface area contributed by atoms with Crippen LogP contribution in [0.25, 0.3) is 0 Å². The second-order valence-corrected chi connectivity index (χ2v) is 4.86. The summed E-state index contributed by atoms with van der Waals surface area (Å²) < 4.78 is -0.646. The number of nitrogens with one attached hydrogen (secondary N) is 1. The summed E-state index contributed by atoms with van der Waals surface area (Å²) in [6, 6.07) is 0. The molecule has 0 heterocycles. The maximum absolute atomic E-state index is 11.6. The second kappa shape index (κ2) is 4.60. The fourth-order valence-corrected chi connectivity index (χ4v) is 1.72. The smallest absolute Gasteiger partial charge is 0.240 e. The number of hydrogen-bond donors (Lipinski definition) is 1. The van der Waals surface area contributed by atoms with Crippen LogP contribution in [0, 0.1) is 0 Å². The van der Waals surface area contributed by atoms with E-state index in [4.69, 9.17) is 0 Å². The fourth-order valence-electron chi connectivity index (χ4n) is 1.26. The highest BCUT2D eigenvalue weighted by molar-refractivity contribution is 9.10. The maximum Gasteiger partial charge on any atom is 0.240 e. The van der Waals surface area contributed by atoms with Gasteiger partial charge >= 0.3 is 0 Å². The second-order valence-electron chi connectivity index (χ2n) is 3.27. The molecule has 1 amide bonds. The van der Waals surface area contributed by atoms with Crippen molar-refractivity contribution in [3.8, 4) is 0 Å². The highest BCUT2D eigenvalue weighted by Gasteiger charge is 2.31. The number of hydrogen-bond acceptors (Lipinski definition) is 1. The first-order valence-electron chi connectivity index (χ1n) is 4.54. The molecule has 3 heteroatoms. The zero-order chi connectivity index (χ0) is 10.6. The van der Waals surface area contributed by atoms with E-state index >= 15 is 0 Å². The zero-order valence-electron chi connectivity index (χ0n) is 8.38. The van der Waals surface area contributed by atoms with Crippen LogP contribution in [0.4, 0.5) is 0 Å². The molecule has 1 aliphatic rings. The van der Waals surface area contributed by atoms with Crippen molar-refractivity contribution in [3.05, 3.63) is 36.0 Å². The first-order valence-corrected chi connectivity index (χ1v) is 5.33. The number of carbonyl (C=O) groups excluding carboxylic acids is 1. The van der Waals surface area contributed by atoms with Gasteiger partial charge in [0.2, 0.25) is 5.91 Å². The molecule has 0 aromatic heterocycles. The highest BCUT2D eigenvalue weighted by Crippen LogP contribution is 2.29. The predicted octanol–water partition coefficient (Wildman–Crippen LogP) is 2.33. The van der Waals surface area contributed by atoms with Gasteiger partial charge in [0.15, 0.2) is 0 Å². The van der Waals surface area contributed by atoms with Gasteiger partial charge in [-0.15, -0.1) is 0 Å². The molecule has 1 unspecified atom stereocenters. The largest absolute Gasteiger partial charge is 0.358 e. The van der Waals surface area contributed by atoms with E-state index in [-0.39, 0.29) is 5.91 Å². The third-order valence-corrected chi connectivity index (χ3v) is 2.99. The Labute approximate surface area is 92.9 Å². The van der Waals surface area contributed by atoms with Gasteiger partial charge in [-0.2, -0.15) is 0 Å². The van der Waals surface area contributed by atoms with Crippen LogP contribution in [0.2, 0.25) is 0 Å². The molecule has 14 heavy (non-hydrogen) atoms. The molecule has 0 radical (unpaired) electrons. The summed E-state index contributed by atoms with van der Waals surface area (Å²) in [5.74, 6) is -0.0382. The van der Waals surface area contributed by atoms with Crippen molar-refractivity contribution in [2.45, 2.75) is 17.7 Å². The Kier molecular flexibility index (Phi) is 3.69. The number of alkyl halides is 1. The van der Waals surface area contributed by atoms with Gasteiger partial charge in [-0.1, -0.05) is 46.3 Å². The van der Waals surface area contributed by atoms with Gasteiger partial charge in [0.1, 0.15) is 4.32 Å². The van der Waals surface area contributed by atoms with Crippen LogP contribution in [-0.4, -0.2) is 17.3 Å². The van der Waals surface area contributed by atoms with Crippen LogP contribution >= 0.6 is 15.9 Å². The lowest BCUT2D eigenvalue weighted by Crippen LogP contribution is -2.38. The van der Waals surface area contributed by atoms with E-state index in [1.165, 1.54) is 0 Å². The first-order chi connectivity index (χ1) is 6.59. The maximum atomic E-state index is 11.6. The Morgan fingerprint density at radius 3 is 2.93 bits per heavy atom. The lowest BCUT2D eigenvalue weighted by atomic mass is 9.99. The highest BCUT2D eigenvalue weighted by atomic mass is 79.9. The Morgan fingerprint density at radius 2 is 2.29 bits per heavy atom. The molecule has 0 aliphatic heterocycles. The predicted molar refractivity (Wildman–Crippen MR) is 62.4 cm³/mol. The fraction of sp³-hybridized carbons (Fsp3) is 0.364. The summed E-state index contributed by atoms with van der Waals surface area (Å²) in [7, 11) is 1.64. The molecule has 0 spiro atoms. The van der Waals surface area contributed by atoms with E-state index in [1.807, 2.05) is 31.2 Å². The third-order valence-electron chi connectivity index (χ3n) is 2.18. The summed E-state index contributed by atoms with van der Waals surface area (Å²) in [6.45, 7) is 1.85. The molecule has 0 saturated carbocycles. The lowest BCUT2D eigenvalue weighted by Gasteiger charge is -2.21. The van der Waals surface area contributed by atoms with Crippen molar-refractivity contribution >= 4 is 21.8 Å². The van der Waals surface area contributed by atoms with Crippen molar-refractivity contribution < 1.29 is 4.79 Å². The van der Waals surface area contributed by atoms with Crippen molar-refractivity contribution in [2.75, 3.05) is 7.05 Å². The van der Waals surface area contributed by atoms with Crippen LogP contribution in [0.5, 0.6) is 0 Å². The minimum absolute atomic E-state index is 0.0382. The molecule has 1 atom stereocenters. The van der Waals surface area contributed by atoms with Crippen molar-refractivity contribution in [1.82, 2.24) is 5.32 Å². The molecule has 1 aliphatic carbocycles. The molecule has 0 aromatic carbocycles. The standard InChI is InChI=1S/C11H14BrNO/c1-11(12,10(14)13-2)9-7-5-3-4-6-8-9/h3,5-8H,4H2,1-2H3,(H,13,14). The van der Waals surface area contributed by atoms with Crippen LogP contribution in [0.15, 0.2) is 36.0 Å². The van der Waals surface area contributed by atoms with E-state index in [9.17, 15) is 4.79 Å². The van der Waals surface area contributed by atoms with Gasteiger partial charge in [0.25, 0.3) is 0 Å². The van der Waals surface area contributed by atoms with Gasteiger partial charge in [-0.05, 0) is 18.9 Å². The van der Waals surface area contributed by atoms with Gasteiger partial charge in [0.05, 0.1) is 0 Å². The van der Waals surface area contributed by atoms with E-state index in [0.717, 1.165) is 12.0 Å². The van der Waals surface area contributed by atoms with Gasteiger partial charge in [-0.25, -0.2) is 0 Å². The summed E-state index contributed by atoms with van der Waals surface area (Å²) >= 11 is 3.44. The average molecular weight is 256 g/mol. The molecule has 0 fully saturated rings. The van der Waals surface area contributed by atoms with Gasteiger partial charge in [-0.3, -0.25) is 4.79 Å². The monoisotopic (exact) mass is 255 g/mol. The Hall–Kier alpha value is -0.830. The molecule has 0 saturated heterocycles. The number of carbonyl (C=O) groups is 1. The topological polar surface area (TPSA) is 29.1 Å². The lowest BCUT2D eigenvalue weighted by molar-refractivity contribution is -0.121.